The second-order valence-corrected chi connectivity index (χ2v) is 9.90. The van der Waals surface area contributed by atoms with Crippen LogP contribution < -0.4 is 4.74 Å². The molecule has 6 rings (SSSR count). The van der Waals surface area contributed by atoms with Crippen molar-refractivity contribution in [3.05, 3.63) is 66.9 Å². The molecule has 0 atom stereocenters. The van der Waals surface area contributed by atoms with Crippen LogP contribution in [0.2, 0.25) is 0 Å². The van der Waals surface area contributed by atoms with Gasteiger partial charge >= 0.3 is 0 Å². The molecule has 0 amide bonds. The first-order valence-corrected chi connectivity index (χ1v) is 12.2. The molecule has 0 unspecified atom stereocenters. The molecule has 0 aliphatic carbocycles. The number of nitrogens with zero attached hydrogens (tertiary/aromatic N) is 7. The molecule has 5 heterocycles. The number of aryl methyl sites for hydroxylation is 1. The van der Waals surface area contributed by atoms with E-state index in [0.717, 1.165) is 49.0 Å². The van der Waals surface area contributed by atoms with Crippen LogP contribution in [0, 0.1) is 0 Å². The number of rotatable bonds is 6. The van der Waals surface area contributed by atoms with Gasteiger partial charge in [0.1, 0.15) is 18.4 Å². The molecule has 1 aliphatic heterocycles. The maximum atomic E-state index is 6.32. The quantitative estimate of drug-likeness (QED) is 0.327. The van der Waals surface area contributed by atoms with Crippen molar-refractivity contribution in [1.82, 2.24) is 29.4 Å². The number of fused-ring (bicyclic) bond motifs is 2. The van der Waals surface area contributed by atoms with Gasteiger partial charge < -0.3 is 4.74 Å². The third kappa shape index (κ3) is 3.97. The van der Waals surface area contributed by atoms with Crippen LogP contribution >= 0.6 is 11.8 Å². The highest BCUT2D eigenvalue weighted by atomic mass is 32.2. The Morgan fingerprint density at radius 2 is 1.89 bits per heavy atom. The first kappa shape index (κ1) is 21.5. The van der Waals surface area contributed by atoms with Gasteiger partial charge in [-0.3, -0.25) is 14.1 Å². The van der Waals surface area contributed by atoms with Crippen molar-refractivity contribution < 1.29 is 9.31 Å². The highest BCUT2D eigenvalue weighted by molar-refractivity contribution is 7.99. The molecule has 0 saturated carbocycles. The van der Waals surface area contributed by atoms with E-state index in [1.165, 1.54) is 5.57 Å². The fraction of sp³-hybridized carbons (Fsp3) is 0.192. The van der Waals surface area contributed by atoms with Crippen molar-refractivity contribution in [2.24, 2.45) is 7.05 Å². The second-order valence-electron chi connectivity index (χ2n) is 8.86. The molecule has 0 spiro atoms. The van der Waals surface area contributed by atoms with E-state index in [2.05, 4.69) is 52.1 Å². The Bertz CT molecular complexity index is 1660. The Labute approximate surface area is 206 Å². The summed E-state index contributed by atoms with van der Waals surface area (Å²) in [5.74, 6) is 0.811. The minimum Gasteiger partial charge on any atom is -0.490 e. The van der Waals surface area contributed by atoms with Crippen LogP contribution in [-0.4, -0.2) is 53.3 Å². The smallest absolute Gasteiger partial charge is 0.200 e. The SMILES string of the molecule is CC(C)Oc1c(-c2cnn(C)c2)cnc2ccc(Sc3nnc4ccc(C5=C[N+](C)=C5)cn34)cc12. The predicted molar refractivity (Wildman–Crippen MR) is 137 cm³/mol. The summed E-state index contributed by atoms with van der Waals surface area (Å²) in [7, 11) is 3.93. The van der Waals surface area contributed by atoms with Gasteiger partial charge in [-0.2, -0.15) is 5.10 Å². The summed E-state index contributed by atoms with van der Waals surface area (Å²) in [6.07, 6.45) is 12.0. The normalized spacial score (nSPS) is 13.3. The largest absolute Gasteiger partial charge is 0.490 e. The highest BCUT2D eigenvalue weighted by Gasteiger charge is 2.18. The molecule has 1 aliphatic rings. The number of benzene rings is 1. The Morgan fingerprint density at radius 3 is 2.63 bits per heavy atom. The third-order valence-corrected chi connectivity index (χ3v) is 6.71. The molecule has 0 bridgehead atoms. The van der Waals surface area contributed by atoms with Crippen molar-refractivity contribution in [3.63, 3.8) is 0 Å². The van der Waals surface area contributed by atoms with Crippen LogP contribution in [0.25, 0.3) is 33.3 Å². The van der Waals surface area contributed by atoms with Gasteiger partial charge in [0.05, 0.1) is 17.8 Å². The molecule has 0 N–H and O–H groups in total. The Kier molecular flexibility index (Phi) is 5.14. The fourth-order valence-electron chi connectivity index (χ4n) is 4.13. The number of allylic oxidation sites excluding steroid dienone is 1. The van der Waals surface area contributed by atoms with E-state index in [9.17, 15) is 0 Å². The zero-order valence-corrected chi connectivity index (χ0v) is 20.7. The lowest BCUT2D eigenvalue weighted by molar-refractivity contribution is -0.423. The summed E-state index contributed by atoms with van der Waals surface area (Å²) in [5, 5.41) is 14.9. The molecule has 1 aromatic carbocycles. The number of hydrogen-bond donors (Lipinski definition) is 0. The minimum absolute atomic E-state index is 0.0165. The number of hydrogen-bond acceptors (Lipinski definition) is 6. The first-order valence-electron chi connectivity index (χ1n) is 11.3. The van der Waals surface area contributed by atoms with Crippen LogP contribution in [0.5, 0.6) is 5.75 Å². The van der Waals surface area contributed by atoms with Gasteiger partial charge in [0.15, 0.2) is 23.2 Å². The summed E-state index contributed by atoms with van der Waals surface area (Å²) in [5.41, 5.74) is 5.91. The first-order chi connectivity index (χ1) is 16.9. The van der Waals surface area contributed by atoms with Crippen LogP contribution in [0.1, 0.15) is 19.4 Å². The third-order valence-electron chi connectivity index (χ3n) is 5.76. The van der Waals surface area contributed by atoms with E-state index in [1.807, 2.05) is 67.6 Å². The lowest BCUT2D eigenvalue weighted by Crippen LogP contribution is -2.11. The average Bonchev–Trinajstić information content (AvgIpc) is 3.43. The molecular weight excluding hydrogens is 458 g/mol. The summed E-state index contributed by atoms with van der Waals surface area (Å²) in [6.45, 7) is 4.06. The summed E-state index contributed by atoms with van der Waals surface area (Å²) in [4.78, 5) is 5.74. The molecule has 174 valence electrons. The van der Waals surface area contributed by atoms with Crippen molar-refractivity contribution >= 4 is 40.1 Å². The van der Waals surface area contributed by atoms with Gasteiger partial charge in [-0.05, 0) is 55.9 Å². The van der Waals surface area contributed by atoms with Crippen LogP contribution in [-0.2, 0) is 7.05 Å². The summed E-state index contributed by atoms with van der Waals surface area (Å²) < 4.78 is 12.2. The number of pyridine rings is 2. The molecular formula is C26H24N7OS+. The molecule has 0 saturated heterocycles. The van der Waals surface area contributed by atoms with Crippen molar-refractivity contribution in [1.29, 1.82) is 0 Å². The molecule has 0 radical (unpaired) electrons. The van der Waals surface area contributed by atoms with Crippen molar-refractivity contribution in [3.8, 4) is 16.9 Å². The van der Waals surface area contributed by atoms with E-state index in [1.54, 1.807) is 16.4 Å². The minimum atomic E-state index is 0.0165. The maximum absolute atomic E-state index is 6.32. The van der Waals surface area contributed by atoms with Crippen LogP contribution in [0.15, 0.2) is 71.4 Å². The van der Waals surface area contributed by atoms with Gasteiger partial charge in [0.2, 0.25) is 0 Å². The van der Waals surface area contributed by atoms with Gasteiger partial charge in [0.25, 0.3) is 0 Å². The molecule has 4 aromatic heterocycles. The standard InChI is InChI=1S/C26H24N7OS/c1-16(2)34-25-21-9-20(6-7-23(21)27-11-22(25)18-10-28-32(4)14-18)35-26-30-29-24-8-5-17(15-33(24)26)19-12-31(3)13-19/h5-16H,1-4H3/q+1. The van der Waals surface area contributed by atoms with E-state index in [4.69, 9.17) is 9.72 Å². The highest BCUT2D eigenvalue weighted by Crippen LogP contribution is 2.39. The molecule has 9 heteroatoms. The predicted octanol–water partition coefficient (Wildman–Crippen LogP) is 4.68. The Hall–Kier alpha value is -3.98. The average molecular weight is 483 g/mol. The van der Waals surface area contributed by atoms with Crippen LogP contribution in [0.3, 0.4) is 0 Å². The zero-order valence-electron chi connectivity index (χ0n) is 19.9. The monoisotopic (exact) mass is 482 g/mol. The number of aromatic nitrogens is 6. The zero-order chi connectivity index (χ0) is 24.1. The van der Waals surface area contributed by atoms with E-state index in [-0.39, 0.29) is 6.10 Å². The van der Waals surface area contributed by atoms with E-state index < -0.39 is 0 Å². The van der Waals surface area contributed by atoms with Crippen molar-refractivity contribution in [2.45, 2.75) is 30.0 Å². The Morgan fingerprint density at radius 1 is 1.03 bits per heavy atom. The molecule has 0 fully saturated rings. The summed E-state index contributed by atoms with van der Waals surface area (Å²) >= 11 is 1.57. The molecule has 35 heavy (non-hydrogen) atoms. The van der Waals surface area contributed by atoms with Gasteiger partial charge in [-0.1, -0.05) is 0 Å². The molecule has 8 nitrogen and oxygen atoms in total. The Balaban J connectivity index is 1.42. The second kappa shape index (κ2) is 8.35. The maximum Gasteiger partial charge on any atom is 0.200 e. The lowest BCUT2D eigenvalue weighted by atomic mass is 10.1. The lowest BCUT2D eigenvalue weighted by Gasteiger charge is -2.16. The molecule has 5 aromatic rings. The van der Waals surface area contributed by atoms with Crippen LogP contribution in [0.4, 0.5) is 0 Å². The topological polar surface area (TPSA) is 73.1 Å². The van der Waals surface area contributed by atoms with Crippen molar-refractivity contribution in [2.75, 3.05) is 7.05 Å². The van der Waals surface area contributed by atoms with E-state index >= 15 is 0 Å². The number of ether oxygens (including phenoxy) is 1. The van der Waals surface area contributed by atoms with E-state index in [0.29, 0.717) is 0 Å². The van der Waals surface area contributed by atoms with Gasteiger partial charge in [-0.15, -0.1) is 10.2 Å². The summed E-state index contributed by atoms with van der Waals surface area (Å²) in [6, 6.07) is 10.3. The fourth-order valence-corrected chi connectivity index (χ4v) is 4.98. The van der Waals surface area contributed by atoms with Gasteiger partial charge in [-0.25, -0.2) is 4.58 Å². The van der Waals surface area contributed by atoms with Gasteiger partial charge in [0, 0.05) is 52.6 Å².